The number of rotatable bonds is 3. The number of fused-ring (bicyclic) bond motifs is 4. The fraction of sp³-hybridized carbons (Fsp3) is 0.231. The van der Waals surface area contributed by atoms with Crippen molar-refractivity contribution >= 4 is 47.4 Å². The van der Waals surface area contributed by atoms with Gasteiger partial charge in [0.2, 0.25) is 0 Å². The van der Waals surface area contributed by atoms with Crippen LogP contribution in [0.2, 0.25) is 19.6 Å². The Morgan fingerprint density at radius 3 is 1.00 bits per heavy atom. The molecule has 0 spiro atoms. The van der Waals surface area contributed by atoms with E-state index in [1.165, 1.54) is 61.6 Å². The molecule has 2 nitrogen and oxygen atoms in total. The molecule has 0 bridgehead atoms. The first kappa shape index (κ1) is 26.8. The van der Waals surface area contributed by atoms with Crippen LogP contribution < -0.4 is 15.0 Å². The van der Waals surface area contributed by atoms with Crippen molar-refractivity contribution in [2.24, 2.45) is 0 Å². The maximum absolute atomic E-state index is 2.51. The van der Waals surface area contributed by atoms with Crippen LogP contribution in [0.5, 0.6) is 0 Å². The van der Waals surface area contributed by atoms with E-state index in [0.29, 0.717) is 0 Å². The molecule has 3 heteroatoms. The van der Waals surface area contributed by atoms with Gasteiger partial charge in [-0.2, -0.15) is 0 Å². The molecule has 0 fully saturated rings. The largest absolute Gasteiger partial charge is 0.310 e. The van der Waals surface area contributed by atoms with Gasteiger partial charge in [-0.25, -0.2) is 0 Å². The molecular weight excluding hydrogens is 525 g/mol. The van der Waals surface area contributed by atoms with E-state index >= 15 is 0 Å². The Kier molecular flexibility index (Phi) is 5.87. The summed E-state index contributed by atoms with van der Waals surface area (Å²) in [6.07, 6.45) is 0. The van der Waals surface area contributed by atoms with Gasteiger partial charge in [-0.1, -0.05) is 125 Å². The highest BCUT2D eigenvalue weighted by Crippen LogP contribution is 2.54. The number of hydrogen-bond acceptors (Lipinski definition) is 2. The van der Waals surface area contributed by atoms with Crippen LogP contribution in [0.15, 0.2) is 115 Å². The average Bonchev–Trinajstić information content (AvgIpc) is 2.97. The summed E-state index contributed by atoms with van der Waals surface area (Å²) in [4.78, 5) is 5.02. The first-order valence-electron chi connectivity index (χ1n) is 15.1. The standard InChI is InChI=1S/C39H40N2Si/c1-38(2)30-16-8-12-20-34(30)40(35-21-13-9-17-31(35)38)27-24-28(26-29(25-27)42(5,6)7)41-36-22-14-10-18-32(36)39(3,4)33-19-11-15-23-37(33)41/h8-26H,1-7H3. The van der Waals surface area contributed by atoms with Gasteiger partial charge >= 0.3 is 0 Å². The molecule has 7 rings (SSSR count). The topological polar surface area (TPSA) is 6.48 Å². The van der Waals surface area contributed by atoms with E-state index in [0.717, 1.165) is 0 Å². The van der Waals surface area contributed by atoms with Gasteiger partial charge < -0.3 is 9.80 Å². The maximum atomic E-state index is 2.51. The first-order valence-corrected chi connectivity index (χ1v) is 18.6. The number of anilines is 6. The van der Waals surface area contributed by atoms with Crippen LogP contribution in [0.3, 0.4) is 0 Å². The van der Waals surface area contributed by atoms with Gasteiger partial charge in [0.1, 0.15) is 0 Å². The highest BCUT2D eigenvalue weighted by molar-refractivity contribution is 6.88. The summed E-state index contributed by atoms with van der Waals surface area (Å²) in [7, 11) is -1.70. The van der Waals surface area contributed by atoms with Gasteiger partial charge in [0.15, 0.2) is 0 Å². The summed E-state index contributed by atoms with van der Waals surface area (Å²) >= 11 is 0. The summed E-state index contributed by atoms with van der Waals surface area (Å²) in [5.74, 6) is 0. The molecule has 0 aromatic heterocycles. The molecule has 42 heavy (non-hydrogen) atoms. The van der Waals surface area contributed by atoms with E-state index < -0.39 is 8.07 Å². The van der Waals surface area contributed by atoms with Gasteiger partial charge in [0, 0.05) is 22.2 Å². The van der Waals surface area contributed by atoms with Crippen molar-refractivity contribution in [3.63, 3.8) is 0 Å². The van der Waals surface area contributed by atoms with Crippen molar-refractivity contribution in [3.05, 3.63) is 138 Å². The van der Waals surface area contributed by atoms with Gasteiger partial charge in [-0.05, 0) is 64.7 Å². The lowest BCUT2D eigenvalue weighted by molar-refractivity contribution is 0.631. The molecule has 5 aromatic rings. The quantitative estimate of drug-likeness (QED) is 0.201. The predicted octanol–water partition coefficient (Wildman–Crippen LogP) is 10.4. The fourth-order valence-corrected chi connectivity index (χ4v) is 8.34. The van der Waals surface area contributed by atoms with Crippen LogP contribution in [0.4, 0.5) is 34.1 Å². The molecule has 0 unspecified atom stereocenters. The lowest BCUT2D eigenvalue weighted by Crippen LogP contribution is -2.39. The van der Waals surface area contributed by atoms with Crippen LogP contribution in [0, 0.1) is 0 Å². The first-order chi connectivity index (χ1) is 20.0. The normalized spacial score (nSPS) is 16.3. The van der Waals surface area contributed by atoms with E-state index in [4.69, 9.17) is 0 Å². The van der Waals surface area contributed by atoms with Gasteiger partial charge in [-0.15, -0.1) is 0 Å². The van der Waals surface area contributed by atoms with E-state index in [1.807, 2.05) is 0 Å². The van der Waals surface area contributed by atoms with Gasteiger partial charge in [0.05, 0.1) is 30.8 Å². The van der Waals surface area contributed by atoms with Crippen LogP contribution in [0.1, 0.15) is 49.9 Å². The molecule has 2 aliphatic heterocycles. The summed E-state index contributed by atoms with van der Waals surface area (Å²) in [5, 5.41) is 1.45. The second-order valence-electron chi connectivity index (χ2n) is 14.0. The lowest BCUT2D eigenvalue weighted by atomic mass is 9.73. The van der Waals surface area contributed by atoms with E-state index in [-0.39, 0.29) is 10.8 Å². The molecule has 0 aliphatic carbocycles. The third-order valence-corrected chi connectivity index (χ3v) is 11.6. The Morgan fingerprint density at radius 2 is 0.714 bits per heavy atom. The molecule has 0 saturated carbocycles. The summed E-state index contributed by atoms with van der Waals surface area (Å²) in [6.45, 7) is 16.8. The van der Waals surface area contributed by atoms with E-state index in [9.17, 15) is 0 Å². The van der Waals surface area contributed by atoms with Crippen LogP contribution in [0.25, 0.3) is 0 Å². The molecule has 5 aromatic carbocycles. The minimum atomic E-state index is -1.70. The fourth-order valence-electron chi connectivity index (χ4n) is 7.18. The minimum absolute atomic E-state index is 0.0841. The average molecular weight is 565 g/mol. The van der Waals surface area contributed by atoms with Crippen molar-refractivity contribution in [3.8, 4) is 0 Å². The number of nitrogens with zero attached hydrogens (tertiary/aromatic N) is 2. The molecule has 2 aliphatic rings. The zero-order valence-electron chi connectivity index (χ0n) is 25.9. The van der Waals surface area contributed by atoms with E-state index in [1.54, 1.807) is 0 Å². The number of hydrogen-bond donors (Lipinski definition) is 0. The third kappa shape index (κ3) is 3.90. The van der Waals surface area contributed by atoms with E-state index in [2.05, 4.69) is 172 Å². The Hall–Kier alpha value is -4.08. The Balaban J connectivity index is 1.52. The smallest absolute Gasteiger partial charge is 0.0777 e. The van der Waals surface area contributed by atoms with Crippen molar-refractivity contribution in [1.29, 1.82) is 0 Å². The van der Waals surface area contributed by atoms with Gasteiger partial charge in [-0.3, -0.25) is 0 Å². The van der Waals surface area contributed by atoms with Crippen LogP contribution in [-0.2, 0) is 10.8 Å². The Labute approximate surface area is 252 Å². The Morgan fingerprint density at radius 1 is 0.429 bits per heavy atom. The molecular formula is C39H40N2Si. The number of para-hydroxylation sites is 4. The predicted molar refractivity (Wildman–Crippen MR) is 183 cm³/mol. The minimum Gasteiger partial charge on any atom is -0.310 e. The highest BCUT2D eigenvalue weighted by Gasteiger charge is 2.39. The second kappa shape index (κ2) is 9.21. The van der Waals surface area contributed by atoms with Crippen molar-refractivity contribution < 1.29 is 0 Å². The number of benzene rings is 5. The monoisotopic (exact) mass is 564 g/mol. The second-order valence-corrected chi connectivity index (χ2v) is 19.1. The molecule has 0 atom stereocenters. The van der Waals surface area contributed by atoms with Crippen LogP contribution in [-0.4, -0.2) is 8.07 Å². The summed E-state index contributed by atoms with van der Waals surface area (Å²) < 4.78 is 0. The third-order valence-electron chi connectivity index (χ3n) is 9.56. The molecule has 0 N–H and O–H groups in total. The van der Waals surface area contributed by atoms with Crippen LogP contribution >= 0.6 is 0 Å². The maximum Gasteiger partial charge on any atom is 0.0777 e. The summed E-state index contributed by atoms with van der Waals surface area (Å²) in [5.41, 5.74) is 12.8. The van der Waals surface area contributed by atoms with Crippen molar-refractivity contribution in [2.45, 2.75) is 58.2 Å². The van der Waals surface area contributed by atoms with Crippen molar-refractivity contribution in [1.82, 2.24) is 0 Å². The molecule has 0 radical (unpaired) electrons. The zero-order valence-corrected chi connectivity index (χ0v) is 26.9. The Bertz CT molecular complexity index is 1620. The molecule has 0 amide bonds. The van der Waals surface area contributed by atoms with Crippen molar-refractivity contribution in [2.75, 3.05) is 9.80 Å². The summed E-state index contributed by atoms with van der Waals surface area (Å²) in [6, 6.07) is 43.2. The zero-order chi connectivity index (χ0) is 29.4. The molecule has 0 saturated heterocycles. The lowest BCUT2D eigenvalue weighted by Gasteiger charge is -2.44. The van der Waals surface area contributed by atoms with Gasteiger partial charge in [0.25, 0.3) is 0 Å². The SMILES string of the molecule is CC1(C)c2ccccc2N(c2cc(N3c4ccccc4C(C)(C)c4ccccc43)cc([Si](C)(C)C)c2)c2ccccc21. The highest BCUT2D eigenvalue weighted by atomic mass is 28.3. The molecule has 210 valence electrons. The molecule has 2 heterocycles.